The zero-order valence-corrected chi connectivity index (χ0v) is 16.8. The topological polar surface area (TPSA) is 53.4 Å². The summed E-state index contributed by atoms with van der Waals surface area (Å²) in [5.41, 5.74) is 1.02. The van der Waals surface area contributed by atoms with Crippen LogP contribution < -0.4 is 9.25 Å². The van der Waals surface area contributed by atoms with E-state index in [0.29, 0.717) is 11.8 Å². The molecule has 23 heavy (non-hydrogen) atoms. The predicted octanol–water partition coefficient (Wildman–Crippen LogP) is 2.96. The SMILES string of the molecule is CCC(CC(=O)O)c1cnc(N(CC(C)C)CC(C)C)c([As])c1. The third kappa shape index (κ3) is 6.54. The summed E-state index contributed by atoms with van der Waals surface area (Å²) in [6.07, 6.45) is 2.82. The molecule has 1 aromatic rings. The van der Waals surface area contributed by atoms with Gasteiger partial charge < -0.3 is 0 Å². The van der Waals surface area contributed by atoms with Crippen molar-refractivity contribution in [1.82, 2.24) is 4.98 Å². The Morgan fingerprint density at radius 1 is 1.26 bits per heavy atom. The molecule has 1 rings (SSSR count). The van der Waals surface area contributed by atoms with E-state index >= 15 is 0 Å². The summed E-state index contributed by atoms with van der Waals surface area (Å²) in [4.78, 5) is 18.0. The molecule has 4 nitrogen and oxygen atoms in total. The van der Waals surface area contributed by atoms with Gasteiger partial charge in [0.25, 0.3) is 0 Å². The van der Waals surface area contributed by atoms with Crippen LogP contribution >= 0.6 is 0 Å². The minimum atomic E-state index is -0.755. The van der Waals surface area contributed by atoms with Gasteiger partial charge in [-0.15, -0.1) is 0 Å². The van der Waals surface area contributed by atoms with Crippen LogP contribution in [0.1, 0.15) is 58.9 Å². The van der Waals surface area contributed by atoms with E-state index in [-0.39, 0.29) is 12.3 Å². The van der Waals surface area contributed by atoms with Gasteiger partial charge in [-0.3, -0.25) is 0 Å². The van der Waals surface area contributed by atoms with Gasteiger partial charge in [-0.25, -0.2) is 0 Å². The molecule has 1 N–H and O–H groups in total. The van der Waals surface area contributed by atoms with Gasteiger partial charge in [0.1, 0.15) is 0 Å². The summed E-state index contributed by atoms with van der Waals surface area (Å²) in [6, 6.07) is 2.09. The van der Waals surface area contributed by atoms with Gasteiger partial charge in [0.15, 0.2) is 0 Å². The molecule has 0 bridgehead atoms. The number of rotatable bonds is 9. The Balaban J connectivity index is 3.06. The molecular formula is C18H29AsN2O2. The molecule has 0 aliphatic rings. The monoisotopic (exact) mass is 380 g/mol. The molecule has 0 spiro atoms. The molecular weight excluding hydrogens is 351 g/mol. The van der Waals surface area contributed by atoms with Crippen molar-refractivity contribution >= 4 is 33.0 Å². The molecule has 0 fully saturated rings. The van der Waals surface area contributed by atoms with E-state index in [0.717, 1.165) is 35.2 Å². The molecule has 0 aliphatic heterocycles. The second-order valence-corrected chi connectivity index (χ2v) is 8.02. The molecule has 2 radical (unpaired) electrons. The van der Waals surface area contributed by atoms with E-state index in [1.807, 2.05) is 13.1 Å². The fourth-order valence-corrected chi connectivity index (χ4v) is 3.50. The number of pyridine rings is 1. The number of carboxylic acids is 1. The van der Waals surface area contributed by atoms with Crippen molar-refractivity contribution < 1.29 is 9.90 Å². The summed E-state index contributed by atoms with van der Waals surface area (Å²) >= 11 is 2.60. The summed E-state index contributed by atoms with van der Waals surface area (Å²) in [5, 5.41) is 9.05. The number of aromatic nitrogens is 1. The van der Waals surface area contributed by atoms with Crippen LogP contribution in [0.5, 0.6) is 0 Å². The fraction of sp³-hybridized carbons (Fsp3) is 0.667. The Kier molecular flexibility index (Phi) is 8.11. The van der Waals surface area contributed by atoms with Crippen LogP contribution in [0, 0.1) is 11.8 Å². The van der Waals surface area contributed by atoms with E-state index in [4.69, 9.17) is 5.11 Å². The Bertz CT molecular complexity index is 508. The van der Waals surface area contributed by atoms with E-state index in [9.17, 15) is 4.79 Å². The van der Waals surface area contributed by atoms with Crippen LogP contribution in [0.2, 0.25) is 0 Å². The number of carbonyl (C=O) groups is 1. The molecule has 0 amide bonds. The molecule has 1 unspecified atom stereocenters. The van der Waals surface area contributed by atoms with E-state index < -0.39 is 5.97 Å². The predicted molar refractivity (Wildman–Crippen MR) is 96.8 cm³/mol. The first-order chi connectivity index (χ1) is 10.7. The zero-order chi connectivity index (χ0) is 17.6. The Labute approximate surface area is 149 Å². The molecule has 1 aromatic heterocycles. The van der Waals surface area contributed by atoms with Crippen LogP contribution in [-0.4, -0.2) is 46.0 Å². The molecule has 0 saturated heterocycles. The quantitative estimate of drug-likeness (QED) is 0.670. The van der Waals surface area contributed by atoms with Gasteiger partial charge in [0.2, 0.25) is 0 Å². The van der Waals surface area contributed by atoms with Crippen molar-refractivity contribution in [2.24, 2.45) is 11.8 Å². The van der Waals surface area contributed by atoms with Gasteiger partial charge in [0.05, 0.1) is 0 Å². The molecule has 0 aliphatic carbocycles. The summed E-state index contributed by atoms with van der Waals surface area (Å²) in [7, 11) is 0. The second kappa shape index (κ2) is 9.32. The van der Waals surface area contributed by atoms with Crippen molar-refractivity contribution in [1.29, 1.82) is 0 Å². The average Bonchev–Trinajstić information content (AvgIpc) is 2.42. The van der Waals surface area contributed by atoms with Crippen molar-refractivity contribution in [2.45, 2.75) is 53.4 Å². The Hall–Kier alpha value is -1.02. The van der Waals surface area contributed by atoms with Crippen LogP contribution in [0.3, 0.4) is 0 Å². The van der Waals surface area contributed by atoms with Crippen LogP contribution in [0.4, 0.5) is 5.82 Å². The molecule has 0 aromatic carbocycles. The number of carboxylic acid groups (broad SMARTS) is 1. The van der Waals surface area contributed by atoms with Crippen LogP contribution in [-0.2, 0) is 4.79 Å². The maximum absolute atomic E-state index is 11.0. The average molecular weight is 380 g/mol. The second-order valence-electron chi connectivity index (χ2n) is 7.01. The van der Waals surface area contributed by atoms with Gasteiger partial charge in [-0.2, -0.15) is 0 Å². The molecule has 128 valence electrons. The van der Waals surface area contributed by atoms with Gasteiger partial charge >= 0.3 is 149 Å². The van der Waals surface area contributed by atoms with E-state index in [1.165, 1.54) is 0 Å². The standard InChI is InChI=1S/C18H29AsN2O2/c1-6-14(8-17(22)23)15-7-16(19)18(20-9-15)21(10-12(2)3)11-13(4)5/h7,9,12-14H,6,8,10-11H2,1-5H3,(H,22,23). The van der Waals surface area contributed by atoms with Gasteiger partial charge in [0, 0.05) is 0 Å². The Morgan fingerprint density at radius 3 is 2.22 bits per heavy atom. The van der Waals surface area contributed by atoms with E-state index in [1.54, 1.807) is 0 Å². The number of hydrogen-bond acceptors (Lipinski definition) is 3. The number of nitrogens with zero attached hydrogens (tertiary/aromatic N) is 2. The van der Waals surface area contributed by atoms with Crippen molar-refractivity contribution in [2.75, 3.05) is 18.0 Å². The van der Waals surface area contributed by atoms with Gasteiger partial charge in [-0.05, 0) is 0 Å². The third-order valence-electron chi connectivity index (χ3n) is 3.72. The fourth-order valence-electron chi connectivity index (χ4n) is 2.77. The summed E-state index contributed by atoms with van der Waals surface area (Å²) in [6.45, 7) is 12.8. The van der Waals surface area contributed by atoms with Crippen molar-refractivity contribution in [3.63, 3.8) is 0 Å². The molecule has 5 heteroatoms. The first-order valence-corrected chi connectivity index (χ1v) is 9.34. The molecule has 1 heterocycles. The van der Waals surface area contributed by atoms with Crippen LogP contribution in [0.15, 0.2) is 12.3 Å². The first-order valence-electron chi connectivity index (χ1n) is 8.40. The number of hydrogen-bond donors (Lipinski definition) is 1. The number of aliphatic carboxylic acids is 1. The first kappa shape index (κ1) is 20.0. The minimum absolute atomic E-state index is 0.0283. The molecule has 1 atom stereocenters. The summed E-state index contributed by atoms with van der Waals surface area (Å²) < 4.78 is 1.07. The molecule has 0 saturated carbocycles. The number of anilines is 1. The van der Waals surface area contributed by atoms with Crippen molar-refractivity contribution in [3.8, 4) is 0 Å². The normalized spacial score (nSPS) is 12.7. The summed E-state index contributed by atoms with van der Waals surface area (Å²) in [5.74, 6) is 1.41. The third-order valence-corrected chi connectivity index (χ3v) is 4.41. The van der Waals surface area contributed by atoms with Gasteiger partial charge in [-0.1, -0.05) is 0 Å². The zero-order valence-electron chi connectivity index (χ0n) is 14.9. The van der Waals surface area contributed by atoms with Crippen LogP contribution in [0.25, 0.3) is 0 Å². The maximum atomic E-state index is 11.0. The Morgan fingerprint density at radius 2 is 1.83 bits per heavy atom. The van der Waals surface area contributed by atoms with E-state index in [2.05, 4.69) is 60.5 Å². The van der Waals surface area contributed by atoms with Crippen molar-refractivity contribution in [3.05, 3.63) is 17.8 Å².